The van der Waals surface area contributed by atoms with Crippen molar-refractivity contribution in [1.82, 2.24) is 0 Å². The van der Waals surface area contributed by atoms with Crippen LogP contribution >= 0.6 is 0 Å². The number of hydrogen-bond acceptors (Lipinski definition) is 6. The van der Waals surface area contributed by atoms with E-state index in [1.54, 1.807) is 0 Å². The number of esters is 3. The van der Waals surface area contributed by atoms with Gasteiger partial charge in [0.05, 0.1) is 0 Å². The third kappa shape index (κ3) is 57.8. The fourth-order valence-electron chi connectivity index (χ4n) is 7.25. The van der Waals surface area contributed by atoms with Crippen LogP contribution in [0.3, 0.4) is 0 Å². The van der Waals surface area contributed by atoms with Crippen LogP contribution in [0.15, 0.2) is 158 Å². The molecule has 0 aromatic rings. The summed E-state index contributed by atoms with van der Waals surface area (Å²) in [5, 5.41) is 0. The molecule has 408 valence electrons. The van der Waals surface area contributed by atoms with Crippen LogP contribution in [0.25, 0.3) is 0 Å². The summed E-state index contributed by atoms with van der Waals surface area (Å²) < 4.78 is 16.6. The summed E-state index contributed by atoms with van der Waals surface area (Å²) in [6, 6.07) is 0. The molecule has 0 fully saturated rings. The largest absolute Gasteiger partial charge is 0.462 e. The van der Waals surface area contributed by atoms with Crippen molar-refractivity contribution in [3.63, 3.8) is 0 Å². The Bertz CT molecular complexity index is 1670. The summed E-state index contributed by atoms with van der Waals surface area (Å²) in [5.41, 5.74) is 0. The van der Waals surface area contributed by atoms with E-state index in [4.69, 9.17) is 14.2 Å². The van der Waals surface area contributed by atoms with Gasteiger partial charge in [-0.2, -0.15) is 0 Å². The quantitative estimate of drug-likeness (QED) is 0.0261. The SMILES string of the molecule is CC/C=C\C/C=C\C/C=C\C/C=C\C/C=C\C/C=C\C/C=C\C/C=C\C/C=C\CCCCCCCCCC(=O)OCC(COC(=O)CCCCCCC)OC(=O)CCCC/C=C\C/C=C\C/C=C\C/C=C\CC. The molecule has 0 aromatic carbocycles. The Labute approximate surface area is 448 Å². The van der Waals surface area contributed by atoms with Gasteiger partial charge in [-0.25, -0.2) is 0 Å². The zero-order chi connectivity index (χ0) is 52.9. The molecule has 0 heterocycles. The Kier molecular flexibility index (Phi) is 55.5. The highest BCUT2D eigenvalue weighted by Gasteiger charge is 2.19. The van der Waals surface area contributed by atoms with Crippen molar-refractivity contribution in [2.75, 3.05) is 13.2 Å². The molecule has 0 aliphatic carbocycles. The van der Waals surface area contributed by atoms with Crippen molar-refractivity contribution in [3.8, 4) is 0 Å². The number of unbranched alkanes of at least 4 members (excludes halogenated alkanes) is 13. The van der Waals surface area contributed by atoms with E-state index in [1.165, 1.54) is 25.7 Å². The smallest absolute Gasteiger partial charge is 0.306 e. The highest BCUT2D eigenvalue weighted by Crippen LogP contribution is 2.13. The lowest BCUT2D eigenvalue weighted by molar-refractivity contribution is -0.167. The molecular formula is C67H104O6. The average molecular weight is 1010 g/mol. The summed E-state index contributed by atoms with van der Waals surface area (Å²) in [4.78, 5) is 37.7. The highest BCUT2D eigenvalue weighted by atomic mass is 16.6. The molecule has 6 nitrogen and oxygen atoms in total. The van der Waals surface area contributed by atoms with Crippen LogP contribution in [0.5, 0.6) is 0 Å². The second-order valence-corrected chi connectivity index (χ2v) is 18.4. The zero-order valence-corrected chi connectivity index (χ0v) is 46.6. The molecule has 1 unspecified atom stereocenters. The van der Waals surface area contributed by atoms with E-state index >= 15 is 0 Å². The number of allylic oxidation sites excluding steroid dienone is 26. The topological polar surface area (TPSA) is 78.9 Å². The van der Waals surface area contributed by atoms with Gasteiger partial charge in [-0.1, -0.05) is 237 Å². The van der Waals surface area contributed by atoms with E-state index in [9.17, 15) is 14.4 Å². The monoisotopic (exact) mass is 1000 g/mol. The summed E-state index contributed by atoms with van der Waals surface area (Å²) in [7, 11) is 0. The van der Waals surface area contributed by atoms with E-state index in [0.717, 1.165) is 154 Å². The molecule has 0 rings (SSSR count). The Morgan fingerprint density at radius 3 is 0.863 bits per heavy atom. The molecule has 1 atom stereocenters. The summed E-state index contributed by atoms with van der Waals surface area (Å²) in [6.45, 7) is 6.25. The van der Waals surface area contributed by atoms with Crippen LogP contribution in [0, 0.1) is 0 Å². The van der Waals surface area contributed by atoms with Crippen molar-refractivity contribution in [3.05, 3.63) is 158 Å². The number of carbonyl (C=O) groups excluding carboxylic acids is 3. The third-order valence-corrected chi connectivity index (χ3v) is 11.5. The Balaban J connectivity index is 4.13. The maximum absolute atomic E-state index is 12.7. The maximum Gasteiger partial charge on any atom is 0.306 e. The van der Waals surface area contributed by atoms with Gasteiger partial charge >= 0.3 is 17.9 Å². The number of ether oxygens (including phenoxy) is 3. The standard InChI is InChI=1S/C67H104O6/c1-4-7-10-13-15-17-19-21-23-24-25-26-27-28-29-30-31-32-33-34-35-36-37-38-39-40-41-42-44-45-47-49-51-54-57-60-66(69)72-63-64(62-71-65(68)59-56-53-12-9-6-3)73-67(70)61-58-55-52-50-48-46-43-22-20-18-16-14-11-8-5-2/h7-8,10-11,15-18,21-23,25-26,28-29,31-32,34-35,37-38,40-41,43,48,50,64H,4-6,9,12-14,19-20,24,27,30,33,36,39,42,44-47,49,51-63H2,1-3H3/b10-7-,11-8-,17-15-,18-16-,23-21-,26-25-,29-28-,32-31-,35-34-,38-37-,41-40-,43-22-,50-48-. The normalized spacial score (nSPS) is 13.3. The van der Waals surface area contributed by atoms with Crippen LogP contribution in [0.1, 0.15) is 226 Å². The second-order valence-electron chi connectivity index (χ2n) is 18.4. The van der Waals surface area contributed by atoms with E-state index in [0.29, 0.717) is 19.3 Å². The van der Waals surface area contributed by atoms with Crippen LogP contribution in [-0.2, 0) is 28.6 Å². The molecule has 0 aliphatic heterocycles. The first-order valence-corrected chi connectivity index (χ1v) is 29.0. The van der Waals surface area contributed by atoms with Gasteiger partial charge in [-0.15, -0.1) is 0 Å². The fraction of sp³-hybridized carbons (Fsp3) is 0.567. The van der Waals surface area contributed by atoms with Gasteiger partial charge in [0.1, 0.15) is 13.2 Å². The molecule has 0 spiro atoms. The molecular weight excluding hydrogens is 901 g/mol. The molecule has 0 saturated carbocycles. The summed E-state index contributed by atoms with van der Waals surface area (Å²) >= 11 is 0. The maximum atomic E-state index is 12.7. The van der Waals surface area contributed by atoms with Crippen molar-refractivity contribution in [2.45, 2.75) is 232 Å². The first kappa shape index (κ1) is 68.0. The predicted molar refractivity (Wildman–Crippen MR) is 315 cm³/mol. The Morgan fingerprint density at radius 2 is 0.534 bits per heavy atom. The van der Waals surface area contributed by atoms with Gasteiger partial charge < -0.3 is 14.2 Å². The van der Waals surface area contributed by atoms with Crippen molar-refractivity contribution in [2.24, 2.45) is 0 Å². The van der Waals surface area contributed by atoms with Crippen molar-refractivity contribution in [1.29, 1.82) is 0 Å². The lowest BCUT2D eigenvalue weighted by Gasteiger charge is -2.18. The molecule has 0 bridgehead atoms. The number of carbonyl (C=O) groups is 3. The van der Waals surface area contributed by atoms with Gasteiger partial charge in [0.25, 0.3) is 0 Å². The lowest BCUT2D eigenvalue weighted by Crippen LogP contribution is -2.30. The Hall–Kier alpha value is -4.97. The molecule has 0 aromatic heterocycles. The van der Waals surface area contributed by atoms with E-state index < -0.39 is 6.10 Å². The average Bonchev–Trinajstić information content (AvgIpc) is 3.39. The van der Waals surface area contributed by atoms with Crippen LogP contribution in [0.2, 0.25) is 0 Å². The molecule has 6 heteroatoms. The van der Waals surface area contributed by atoms with Crippen LogP contribution in [0.4, 0.5) is 0 Å². The molecule has 0 saturated heterocycles. The molecule has 0 N–H and O–H groups in total. The van der Waals surface area contributed by atoms with Gasteiger partial charge in [-0.3, -0.25) is 14.4 Å². The van der Waals surface area contributed by atoms with E-state index in [2.05, 4.69) is 179 Å². The van der Waals surface area contributed by atoms with Crippen molar-refractivity contribution < 1.29 is 28.6 Å². The minimum Gasteiger partial charge on any atom is -0.462 e. The Morgan fingerprint density at radius 1 is 0.288 bits per heavy atom. The lowest BCUT2D eigenvalue weighted by atomic mass is 10.1. The van der Waals surface area contributed by atoms with Crippen LogP contribution < -0.4 is 0 Å². The zero-order valence-electron chi connectivity index (χ0n) is 46.6. The van der Waals surface area contributed by atoms with Gasteiger partial charge in [0, 0.05) is 19.3 Å². The van der Waals surface area contributed by atoms with Crippen molar-refractivity contribution >= 4 is 17.9 Å². The molecule has 0 aliphatic rings. The fourth-order valence-corrected chi connectivity index (χ4v) is 7.25. The number of rotatable bonds is 50. The molecule has 0 amide bonds. The summed E-state index contributed by atoms with van der Waals surface area (Å²) in [6.07, 6.45) is 87.2. The highest BCUT2D eigenvalue weighted by molar-refractivity contribution is 5.71. The summed E-state index contributed by atoms with van der Waals surface area (Å²) in [5.74, 6) is -0.983. The van der Waals surface area contributed by atoms with Gasteiger partial charge in [0.2, 0.25) is 0 Å². The minimum atomic E-state index is -0.806. The first-order valence-electron chi connectivity index (χ1n) is 29.0. The minimum absolute atomic E-state index is 0.104. The molecule has 73 heavy (non-hydrogen) atoms. The van der Waals surface area contributed by atoms with E-state index in [1.807, 2.05) is 0 Å². The first-order chi connectivity index (χ1) is 36.0. The van der Waals surface area contributed by atoms with Gasteiger partial charge in [0.15, 0.2) is 6.10 Å². The third-order valence-electron chi connectivity index (χ3n) is 11.5. The second kappa shape index (κ2) is 59.6. The van der Waals surface area contributed by atoms with E-state index in [-0.39, 0.29) is 37.5 Å². The predicted octanol–water partition coefficient (Wildman–Crippen LogP) is 19.8. The van der Waals surface area contributed by atoms with Gasteiger partial charge in [-0.05, 0) is 128 Å². The number of hydrogen-bond donors (Lipinski definition) is 0. The molecule has 0 radical (unpaired) electrons. The van der Waals surface area contributed by atoms with Crippen LogP contribution in [-0.4, -0.2) is 37.2 Å².